The van der Waals surface area contributed by atoms with Crippen molar-refractivity contribution >= 4 is 23.3 Å². The highest BCUT2D eigenvalue weighted by Crippen LogP contribution is 2.26. The molecule has 0 saturated carbocycles. The predicted octanol–water partition coefficient (Wildman–Crippen LogP) is 1.04. The molecule has 1 atom stereocenters. The van der Waals surface area contributed by atoms with Crippen LogP contribution in [0.5, 0.6) is 0 Å². The van der Waals surface area contributed by atoms with E-state index in [1.165, 1.54) is 13.2 Å². The van der Waals surface area contributed by atoms with Crippen molar-refractivity contribution in [2.24, 2.45) is 0 Å². The Balaban J connectivity index is 2.89. The van der Waals surface area contributed by atoms with Crippen molar-refractivity contribution in [3.05, 3.63) is 21.9 Å². The molecule has 0 aliphatic carbocycles. The van der Waals surface area contributed by atoms with Gasteiger partial charge >= 0.3 is 11.9 Å². The summed E-state index contributed by atoms with van der Waals surface area (Å²) in [5.41, 5.74) is 0.300. The minimum atomic E-state index is -1.18. The first-order chi connectivity index (χ1) is 7.06. The van der Waals surface area contributed by atoms with Crippen molar-refractivity contribution in [2.75, 3.05) is 7.11 Å². The normalized spacial score (nSPS) is 12.1. The van der Waals surface area contributed by atoms with E-state index in [4.69, 9.17) is 5.11 Å². The zero-order valence-electron chi connectivity index (χ0n) is 7.97. The van der Waals surface area contributed by atoms with Gasteiger partial charge in [-0.25, -0.2) is 4.79 Å². The second-order valence-electron chi connectivity index (χ2n) is 2.81. The third-order valence-electron chi connectivity index (χ3n) is 1.79. The van der Waals surface area contributed by atoms with Crippen molar-refractivity contribution in [2.45, 2.75) is 12.5 Å². The molecule has 1 heterocycles. The second-order valence-corrected chi connectivity index (χ2v) is 3.73. The van der Waals surface area contributed by atoms with Gasteiger partial charge in [0.2, 0.25) is 0 Å². The van der Waals surface area contributed by atoms with Crippen LogP contribution in [0.25, 0.3) is 0 Å². The van der Waals surface area contributed by atoms with Gasteiger partial charge in [-0.2, -0.15) is 0 Å². The monoisotopic (exact) mass is 230 g/mol. The fourth-order valence-electron chi connectivity index (χ4n) is 1.12. The highest BCUT2D eigenvalue weighted by atomic mass is 32.1. The van der Waals surface area contributed by atoms with Crippen molar-refractivity contribution in [3.63, 3.8) is 0 Å². The van der Waals surface area contributed by atoms with Gasteiger partial charge in [0.1, 0.15) is 4.88 Å². The second kappa shape index (κ2) is 4.90. The number of thiophene rings is 1. The van der Waals surface area contributed by atoms with Crippen molar-refractivity contribution in [1.29, 1.82) is 0 Å². The summed E-state index contributed by atoms with van der Waals surface area (Å²) in [6.07, 6.45) is -1.61. The van der Waals surface area contributed by atoms with Crippen LogP contribution in [-0.2, 0) is 9.53 Å². The average molecular weight is 230 g/mol. The zero-order valence-corrected chi connectivity index (χ0v) is 8.78. The minimum Gasteiger partial charge on any atom is -0.481 e. The van der Waals surface area contributed by atoms with Gasteiger partial charge in [-0.05, 0) is 11.4 Å². The van der Waals surface area contributed by atoms with Gasteiger partial charge in [0, 0.05) is 5.56 Å². The van der Waals surface area contributed by atoms with Crippen LogP contribution in [0.4, 0.5) is 0 Å². The molecule has 1 rings (SSSR count). The Morgan fingerprint density at radius 2 is 2.27 bits per heavy atom. The topological polar surface area (TPSA) is 83.8 Å². The SMILES string of the molecule is COC(=O)c1sccc1[C@@H](O)CC(=O)O. The van der Waals surface area contributed by atoms with Crippen LogP contribution in [0, 0.1) is 0 Å². The standard InChI is InChI=1S/C9H10O5S/c1-14-9(13)8-5(2-3-15-8)6(10)4-7(11)12/h2-3,6,10H,4H2,1H3,(H,11,12)/t6-/m0/s1. The molecular weight excluding hydrogens is 220 g/mol. The Labute approximate surface area is 89.9 Å². The molecule has 0 aliphatic rings. The molecule has 0 aromatic carbocycles. The smallest absolute Gasteiger partial charge is 0.348 e. The summed E-state index contributed by atoms with van der Waals surface area (Å²) in [4.78, 5) is 21.8. The van der Waals surface area contributed by atoms with Crippen LogP contribution in [0.1, 0.15) is 27.8 Å². The Morgan fingerprint density at radius 1 is 1.60 bits per heavy atom. The van der Waals surface area contributed by atoms with E-state index in [1.807, 2.05) is 0 Å². The van der Waals surface area contributed by atoms with E-state index < -0.39 is 24.5 Å². The van der Waals surface area contributed by atoms with Crippen molar-refractivity contribution in [1.82, 2.24) is 0 Å². The molecule has 5 nitrogen and oxygen atoms in total. The summed E-state index contributed by atoms with van der Waals surface area (Å²) in [5.74, 6) is -1.69. The molecule has 0 bridgehead atoms. The Bertz CT molecular complexity index is 370. The third kappa shape index (κ3) is 2.77. The lowest BCUT2D eigenvalue weighted by Gasteiger charge is -2.07. The highest BCUT2D eigenvalue weighted by Gasteiger charge is 2.21. The summed E-state index contributed by atoms with van der Waals surface area (Å²) in [7, 11) is 1.23. The number of ether oxygens (including phenoxy) is 1. The van der Waals surface area contributed by atoms with Gasteiger partial charge in [-0.1, -0.05) is 0 Å². The number of carbonyl (C=O) groups excluding carboxylic acids is 1. The van der Waals surface area contributed by atoms with Gasteiger partial charge in [0.25, 0.3) is 0 Å². The first kappa shape index (κ1) is 11.7. The lowest BCUT2D eigenvalue weighted by Crippen LogP contribution is -2.09. The fraction of sp³-hybridized carbons (Fsp3) is 0.333. The van der Waals surface area contributed by atoms with E-state index >= 15 is 0 Å². The average Bonchev–Trinajstić information content (AvgIpc) is 2.63. The third-order valence-corrected chi connectivity index (χ3v) is 2.70. The quantitative estimate of drug-likeness (QED) is 0.755. The number of carbonyl (C=O) groups is 2. The van der Waals surface area contributed by atoms with Gasteiger partial charge in [0.15, 0.2) is 0 Å². The number of esters is 1. The zero-order chi connectivity index (χ0) is 11.4. The summed E-state index contributed by atoms with van der Waals surface area (Å²) in [6, 6.07) is 1.52. The van der Waals surface area contributed by atoms with Gasteiger partial charge in [-0.3, -0.25) is 4.79 Å². The maximum absolute atomic E-state index is 11.2. The van der Waals surface area contributed by atoms with Crippen LogP contribution in [-0.4, -0.2) is 29.3 Å². The number of aliphatic hydroxyl groups is 1. The van der Waals surface area contributed by atoms with E-state index in [0.717, 1.165) is 11.3 Å². The lowest BCUT2D eigenvalue weighted by atomic mass is 10.1. The number of carboxylic acid groups (broad SMARTS) is 1. The number of aliphatic carboxylic acids is 1. The van der Waals surface area contributed by atoms with E-state index in [1.54, 1.807) is 5.38 Å². The fourth-order valence-corrected chi connectivity index (χ4v) is 1.99. The predicted molar refractivity (Wildman–Crippen MR) is 52.9 cm³/mol. The largest absolute Gasteiger partial charge is 0.481 e. The molecule has 6 heteroatoms. The van der Waals surface area contributed by atoms with Crippen LogP contribution >= 0.6 is 11.3 Å². The number of carboxylic acids is 1. The maximum Gasteiger partial charge on any atom is 0.348 e. The first-order valence-corrected chi connectivity index (χ1v) is 4.99. The molecule has 1 aromatic rings. The molecule has 0 saturated heterocycles. The Hall–Kier alpha value is -1.40. The number of aliphatic hydroxyl groups excluding tert-OH is 1. The molecule has 15 heavy (non-hydrogen) atoms. The summed E-state index contributed by atoms with van der Waals surface area (Å²) >= 11 is 1.11. The molecule has 0 spiro atoms. The molecule has 82 valence electrons. The first-order valence-electron chi connectivity index (χ1n) is 4.11. The number of hydrogen-bond donors (Lipinski definition) is 2. The summed E-state index contributed by atoms with van der Waals surface area (Å²) < 4.78 is 4.50. The maximum atomic E-state index is 11.2. The lowest BCUT2D eigenvalue weighted by molar-refractivity contribution is -0.139. The Morgan fingerprint density at radius 3 is 2.80 bits per heavy atom. The van der Waals surface area contributed by atoms with Crippen molar-refractivity contribution < 1.29 is 24.5 Å². The van der Waals surface area contributed by atoms with Crippen LogP contribution in [0.2, 0.25) is 0 Å². The van der Waals surface area contributed by atoms with Gasteiger partial charge < -0.3 is 14.9 Å². The summed E-state index contributed by atoms with van der Waals surface area (Å²) in [6.45, 7) is 0. The van der Waals surface area contributed by atoms with Crippen molar-refractivity contribution in [3.8, 4) is 0 Å². The number of rotatable bonds is 4. The molecule has 0 aliphatic heterocycles. The minimum absolute atomic E-state index is 0.242. The molecule has 0 fully saturated rings. The molecule has 0 radical (unpaired) electrons. The van der Waals surface area contributed by atoms with Gasteiger partial charge in [-0.15, -0.1) is 11.3 Å². The van der Waals surface area contributed by atoms with Gasteiger partial charge in [0.05, 0.1) is 19.6 Å². The van der Waals surface area contributed by atoms with E-state index in [-0.39, 0.29) is 4.88 Å². The van der Waals surface area contributed by atoms with Crippen LogP contribution < -0.4 is 0 Å². The Kier molecular flexibility index (Phi) is 3.81. The van der Waals surface area contributed by atoms with E-state index in [2.05, 4.69) is 4.74 Å². The number of methoxy groups -OCH3 is 1. The molecule has 1 aromatic heterocycles. The van der Waals surface area contributed by atoms with Crippen LogP contribution in [0.3, 0.4) is 0 Å². The molecular formula is C9H10O5S. The van der Waals surface area contributed by atoms with Crippen LogP contribution in [0.15, 0.2) is 11.4 Å². The molecule has 0 amide bonds. The number of hydrogen-bond acceptors (Lipinski definition) is 5. The molecule has 2 N–H and O–H groups in total. The molecule has 0 unspecified atom stereocenters. The van der Waals surface area contributed by atoms with E-state index in [9.17, 15) is 14.7 Å². The summed E-state index contributed by atoms with van der Waals surface area (Å²) in [5, 5.41) is 19.6. The van der Waals surface area contributed by atoms with E-state index in [0.29, 0.717) is 5.56 Å². The highest BCUT2D eigenvalue weighted by molar-refractivity contribution is 7.12.